The lowest BCUT2D eigenvalue weighted by molar-refractivity contribution is -0.193. The molecule has 21 heteroatoms. The van der Waals surface area contributed by atoms with Crippen LogP contribution in [0.4, 0.5) is 11.5 Å². The number of nitrogens with one attached hydrogen (secondary N) is 4. The van der Waals surface area contributed by atoms with Crippen LogP contribution in [0, 0.1) is 5.92 Å². The van der Waals surface area contributed by atoms with Gasteiger partial charge in [-0.05, 0) is 57.0 Å². The summed E-state index contributed by atoms with van der Waals surface area (Å²) < 4.78 is 0. The fraction of sp³-hybridized carbons (Fsp3) is 0.417. The lowest BCUT2D eigenvalue weighted by Crippen LogP contribution is -2.41. The lowest BCUT2D eigenvalue weighted by atomic mass is 10.00. The molecule has 0 unspecified atom stereocenters. The Morgan fingerprint density at radius 3 is 1.98 bits per heavy atom. The second-order valence-corrected chi connectivity index (χ2v) is 11.6. The standard InChI is InChI=1S/C32H44N8O5.4CO2/c1-20(30(43)38-21(2)27(42)9-5-3-4-6-14-33)16-25(41)8-7-15-35-31(44)22-10-12-23(13-11-22)36-18-24-19-37-26-17-28(34)40-32(45)29(26)39-24;4*2-1-3/h10-13,17,19-21,36H,3-9,14-16,18,33H2,1-2H3,(H,35,44)(H,38,43)(H3,34,40,45);;;;/t20-,21+;;;;/m1..../s1. The number of carbonyl (C=O) groups excluding carboxylic acids is 12. The third-order valence-corrected chi connectivity index (χ3v) is 7.35. The van der Waals surface area contributed by atoms with Gasteiger partial charge in [0.25, 0.3) is 11.5 Å². The van der Waals surface area contributed by atoms with Crippen LogP contribution in [0.25, 0.3) is 11.0 Å². The Balaban J connectivity index is 0. The second-order valence-electron chi connectivity index (χ2n) is 11.6. The highest BCUT2D eigenvalue weighted by Crippen LogP contribution is 2.13. The predicted octanol–water partition coefficient (Wildman–Crippen LogP) is 0.267. The number of amides is 2. The Labute approximate surface area is 325 Å². The molecule has 0 aliphatic carbocycles. The molecular formula is C36H44N8O13. The smallest absolute Gasteiger partial charge is 0.373 e. The molecule has 2 amide bonds. The van der Waals surface area contributed by atoms with Crippen LogP contribution in [0.5, 0.6) is 0 Å². The molecule has 0 saturated carbocycles. The molecule has 3 aromatic rings. The number of nitrogens with zero attached hydrogens (tertiary/aromatic N) is 2. The first-order valence-electron chi connectivity index (χ1n) is 17.0. The number of H-pyrrole nitrogens is 1. The van der Waals surface area contributed by atoms with Gasteiger partial charge in [0.05, 0.1) is 30.0 Å². The SMILES string of the molecule is C[C@H](CC(=O)CCCNC(=O)c1ccc(NCc2cnc3cc(N)[nH]c(=O)c3n2)cc1)C(=O)N[C@@H](C)C(=O)CCCCCCN.O=C=O.O=C=O.O=C=O.O=C=O. The molecule has 2 heterocycles. The topological polar surface area (TPSA) is 352 Å². The fourth-order valence-electron chi connectivity index (χ4n) is 4.67. The maximum absolute atomic E-state index is 12.5. The van der Waals surface area contributed by atoms with E-state index < -0.39 is 17.5 Å². The number of rotatable bonds is 19. The van der Waals surface area contributed by atoms with Crippen LogP contribution >= 0.6 is 0 Å². The molecule has 2 aromatic heterocycles. The largest absolute Gasteiger partial charge is 0.385 e. The molecule has 3 rings (SSSR count). The molecule has 0 aliphatic rings. The average molecular weight is 797 g/mol. The molecule has 0 bridgehead atoms. The van der Waals surface area contributed by atoms with Gasteiger partial charge in [0, 0.05) is 49.0 Å². The van der Waals surface area contributed by atoms with Crippen molar-refractivity contribution >= 4 is 70.5 Å². The highest BCUT2D eigenvalue weighted by atomic mass is 16.2. The molecule has 57 heavy (non-hydrogen) atoms. The zero-order chi connectivity index (χ0) is 43.6. The van der Waals surface area contributed by atoms with Crippen molar-refractivity contribution < 1.29 is 57.5 Å². The van der Waals surface area contributed by atoms with Crippen molar-refractivity contribution in [3.05, 3.63) is 58.1 Å². The van der Waals surface area contributed by atoms with Gasteiger partial charge in [-0.25, -0.2) is 4.98 Å². The van der Waals surface area contributed by atoms with Gasteiger partial charge < -0.3 is 32.4 Å². The van der Waals surface area contributed by atoms with Gasteiger partial charge in [0.15, 0.2) is 11.3 Å². The first-order valence-corrected chi connectivity index (χ1v) is 17.0. The Morgan fingerprint density at radius 1 is 0.825 bits per heavy atom. The van der Waals surface area contributed by atoms with Crippen LogP contribution in [0.1, 0.15) is 81.3 Å². The van der Waals surface area contributed by atoms with Crippen LogP contribution < -0.4 is 33.0 Å². The van der Waals surface area contributed by atoms with Crippen LogP contribution in [0.2, 0.25) is 0 Å². The minimum Gasteiger partial charge on any atom is -0.385 e. The van der Waals surface area contributed by atoms with Crippen LogP contribution in [0.3, 0.4) is 0 Å². The zero-order valence-corrected chi connectivity index (χ0v) is 31.3. The molecule has 1 aromatic carbocycles. The van der Waals surface area contributed by atoms with E-state index in [-0.39, 0.29) is 72.2 Å². The number of Topliss-reactive ketones (excluding diaryl/α,β-unsaturated/α-hetero) is 2. The highest BCUT2D eigenvalue weighted by molar-refractivity contribution is 5.94. The first kappa shape index (κ1) is 52.0. The van der Waals surface area contributed by atoms with Gasteiger partial charge in [0.1, 0.15) is 11.6 Å². The number of nitrogens with two attached hydrogens (primary N) is 2. The number of hydrogen-bond donors (Lipinski definition) is 6. The molecule has 306 valence electrons. The van der Waals surface area contributed by atoms with Gasteiger partial charge in [-0.1, -0.05) is 19.8 Å². The molecule has 2 atom stereocenters. The Hall–Kier alpha value is -7.13. The van der Waals surface area contributed by atoms with Crippen molar-refractivity contribution in [2.45, 2.75) is 77.8 Å². The van der Waals surface area contributed by atoms with E-state index in [1.54, 1.807) is 50.4 Å². The number of aromatic amines is 1. The summed E-state index contributed by atoms with van der Waals surface area (Å²) in [5.74, 6) is -1.00. The van der Waals surface area contributed by atoms with Crippen LogP contribution in [-0.4, -0.2) is 82.1 Å². The number of anilines is 2. The predicted molar refractivity (Wildman–Crippen MR) is 193 cm³/mol. The lowest BCUT2D eigenvalue weighted by Gasteiger charge is -2.16. The number of carbonyl (C=O) groups is 4. The third-order valence-electron chi connectivity index (χ3n) is 7.35. The highest BCUT2D eigenvalue weighted by Gasteiger charge is 2.21. The minimum absolute atomic E-state index is 0.0161. The van der Waals surface area contributed by atoms with E-state index in [1.807, 2.05) is 0 Å². The summed E-state index contributed by atoms with van der Waals surface area (Å²) in [6.45, 7) is 4.62. The summed E-state index contributed by atoms with van der Waals surface area (Å²) in [5.41, 5.74) is 13.1. The summed E-state index contributed by atoms with van der Waals surface area (Å²) in [7, 11) is 0. The number of benzene rings is 1. The average Bonchev–Trinajstić information content (AvgIpc) is 3.17. The van der Waals surface area contributed by atoms with Crippen molar-refractivity contribution in [3.63, 3.8) is 0 Å². The van der Waals surface area contributed by atoms with Crippen molar-refractivity contribution in [1.29, 1.82) is 0 Å². The van der Waals surface area contributed by atoms with Crippen molar-refractivity contribution in [3.8, 4) is 0 Å². The summed E-state index contributed by atoms with van der Waals surface area (Å²) in [6.07, 6.45) is 7.37. The minimum atomic E-state index is -0.587. The number of hydrogen-bond acceptors (Lipinski definition) is 18. The third kappa shape index (κ3) is 24.0. The van der Waals surface area contributed by atoms with Crippen molar-refractivity contribution in [1.82, 2.24) is 25.6 Å². The summed E-state index contributed by atoms with van der Waals surface area (Å²) in [4.78, 5) is 138. The van der Waals surface area contributed by atoms with Crippen LogP contribution in [0.15, 0.2) is 41.3 Å². The zero-order valence-electron chi connectivity index (χ0n) is 31.3. The summed E-state index contributed by atoms with van der Waals surface area (Å²) >= 11 is 0. The van der Waals surface area contributed by atoms with Crippen molar-refractivity contribution in [2.75, 3.05) is 24.1 Å². The van der Waals surface area contributed by atoms with Gasteiger partial charge in [-0.3, -0.25) is 29.0 Å². The van der Waals surface area contributed by atoms with Crippen molar-refractivity contribution in [2.24, 2.45) is 11.7 Å². The van der Waals surface area contributed by atoms with E-state index in [0.717, 1.165) is 31.4 Å². The number of aromatic nitrogens is 3. The van der Waals surface area contributed by atoms with E-state index in [2.05, 4.69) is 30.9 Å². The van der Waals surface area contributed by atoms with E-state index in [9.17, 15) is 24.0 Å². The fourth-order valence-corrected chi connectivity index (χ4v) is 4.67. The number of nitrogen functional groups attached to an aromatic ring is 1. The molecule has 0 fully saturated rings. The molecule has 0 spiro atoms. The Morgan fingerprint density at radius 2 is 1.40 bits per heavy atom. The number of unbranched alkanes of at least 4 members (excludes halogenated alkanes) is 3. The maximum Gasteiger partial charge on any atom is 0.373 e. The quantitative estimate of drug-likeness (QED) is 0.0886. The number of ketones is 2. The number of fused-ring (bicyclic) bond motifs is 1. The molecule has 0 radical (unpaired) electrons. The molecule has 8 N–H and O–H groups in total. The van der Waals surface area contributed by atoms with E-state index in [1.165, 1.54) is 0 Å². The molecule has 0 aliphatic heterocycles. The normalized spacial score (nSPS) is 10.3. The summed E-state index contributed by atoms with van der Waals surface area (Å²) in [6, 6.07) is 7.82. The molecule has 0 saturated heterocycles. The monoisotopic (exact) mass is 796 g/mol. The Kier molecular flexibility index (Phi) is 29.5. The van der Waals surface area contributed by atoms with Gasteiger partial charge in [0.2, 0.25) is 5.91 Å². The maximum atomic E-state index is 12.5. The molecular weight excluding hydrogens is 752 g/mol. The number of pyridine rings is 1. The van der Waals surface area contributed by atoms with E-state index in [0.29, 0.717) is 49.2 Å². The Bertz CT molecular complexity index is 1860. The van der Waals surface area contributed by atoms with Crippen LogP contribution in [-0.2, 0) is 59.3 Å². The van der Waals surface area contributed by atoms with E-state index in [4.69, 9.17) is 49.8 Å². The van der Waals surface area contributed by atoms with Gasteiger partial charge >= 0.3 is 24.6 Å². The molecule has 21 nitrogen and oxygen atoms in total. The van der Waals surface area contributed by atoms with Gasteiger partial charge in [-0.2, -0.15) is 38.4 Å². The second kappa shape index (κ2) is 32.3. The van der Waals surface area contributed by atoms with E-state index >= 15 is 0 Å². The first-order chi connectivity index (χ1) is 27.2. The summed E-state index contributed by atoms with van der Waals surface area (Å²) in [5, 5.41) is 8.71. The van der Waals surface area contributed by atoms with Gasteiger partial charge in [-0.15, -0.1) is 0 Å².